The lowest BCUT2D eigenvalue weighted by atomic mass is 9.99. The molecule has 2 aromatic rings. The summed E-state index contributed by atoms with van der Waals surface area (Å²) in [6.07, 6.45) is -1.76. The summed E-state index contributed by atoms with van der Waals surface area (Å²) < 4.78 is 141. The number of benzene rings is 2. The van der Waals surface area contributed by atoms with Crippen LogP contribution in [0.4, 0.5) is 43.9 Å². The van der Waals surface area contributed by atoms with Gasteiger partial charge in [-0.3, -0.25) is 0 Å². The highest BCUT2D eigenvalue weighted by atomic mass is 31.1. The molecule has 3 unspecified atom stereocenters. The van der Waals surface area contributed by atoms with Crippen LogP contribution >= 0.6 is 15.8 Å². The summed E-state index contributed by atoms with van der Waals surface area (Å²) in [5, 5.41) is -0.270. The predicted molar refractivity (Wildman–Crippen MR) is 170 cm³/mol. The first-order valence-corrected chi connectivity index (χ1v) is 19.7. The summed E-state index contributed by atoms with van der Waals surface area (Å²) >= 11 is 0. The van der Waals surface area contributed by atoms with Crippen molar-refractivity contribution in [2.24, 2.45) is 5.92 Å². The Bertz CT molecular complexity index is 1290. The molecule has 4 atom stereocenters. The van der Waals surface area contributed by atoms with Gasteiger partial charge in [-0.15, -0.1) is 0 Å². The van der Waals surface area contributed by atoms with E-state index in [1.54, 1.807) is 0 Å². The van der Waals surface area contributed by atoms with Crippen LogP contribution in [0.25, 0.3) is 0 Å². The Hall–Kier alpha value is -1.40. The number of halogens is 10. The van der Waals surface area contributed by atoms with Crippen LogP contribution in [0.15, 0.2) is 36.4 Å². The minimum absolute atomic E-state index is 0.0151. The molecule has 3 saturated carbocycles. The van der Waals surface area contributed by atoms with E-state index >= 15 is 0 Å². The quantitative estimate of drug-likeness (QED) is 0.189. The number of hydrogen-bond donors (Lipinski definition) is 0. The number of hydrogen-bond acceptors (Lipinski definition) is 0. The van der Waals surface area contributed by atoms with Crippen molar-refractivity contribution < 1.29 is 43.9 Å². The fraction of sp³-hybridized carbons (Fsp3) is 0.657. The lowest BCUT2D eigenvalue weighted by Gasteiger charge is -2.46. The normalized spacial score (nSPS) is 23.7. The molecule has 0 heterocycles. The fourth-order valence-corrected chi connectivity index (χ4v) is 16.7. The van der Waals surface area contributed by atoms with E-state index in [0.29, 0.717) is 42.4 Å². The van der Waals surface area contributed by atoms with Gasteiger partial charge < -0.3 is 0 Å². The van der Waals surface area contributed by atoms with Gasteiger partial charge in [-0.25, -0.2) is 4.39 Å². The molecule has 0 bridgehead atoms. The Labute approximate surface area is 273 Å². The van der Waals surface area contributed by atoms with Gasteiger partial charge in [0.1, 0.15) is 6.67 Å². The molecule has 0 nitrogen and oxygen atoms in total. The van der Waals surface area contributed by atoms with Gasteiger partial charge in [0.2, 0.25) is 0 Å². The Morgan fingerprint density at radius 3 is 1.47 bits per heavy atom. The smallest absolute Gasteiger partial charge is 0.246 e. The van der Waals surface area contributed by atoms with E-state index in [9.17, 15) is 43.9 Å². The Morgan fingerprint density at radius 2 is 1.02 bits per heavy atom. The zero-order valence-electron chi connectivity index (χ0n) is 26.4. The topological polar surface area (TPSA) is 0 Å². The van der Waals surface area contributed by atoms with Crippen molar-refractivity contribution in [1.82, 2.24) is 0 Å². The van der Waals surface area contributed by atoms with Crippen LogP contribution in [0.1, 0.15) is 113 Å². The highest BCUT2D eigenvalue weighted by Crippen LogP contribution is 2.64. The van der Waals surface area contributed by atoms with E-state index in [0.717, 1.165) is 63.9 Å². The fourth-order valence-electron chi connectivity index (χ4n) is 8.46. The van der Waals surface area contributed by atoms with E-state index < -0.39 is 63.4 Å². The van der Waals surface area contributed by atoms with Crippen LogP contribution in [0.2, 0.25) is 0 Å². The van der Waals surface area contributed by atoms with Crippen LogP contribution in [0.3, 0.4) is 0 Å². The molecular formula is C35H42F10P2. The first-order valence-electron chi connectivity index (χ1n) is 16.7. The minimum atomic E-state index is -5.10. The molecule has 0 saturated heterocycles. The second-order valence-corrected chi connectivity index (χ2v) is 19.2. The highest BCUT2D eigenvalue weighted by Gasteiger charge is 2.46. The highest BCUT2D eigenvalue weighted by molar-refractivity contribution is 7.73. The molecule has 0 aromatic heterocycles. The van der Waals surface area contributed by atoms with Gasteiger partial charge in [-0.05, 0) is 128 Å². The van der Waals surface area contributed by atoms with Gasteiger partial charge >= 0.3 is 18.5 Å². The second-order valence-electron chi connectivity index (χ2n) is 13.6. The van der Waals surface area contributed by atoms with E-state index in [2.05, 4.69) is 6.92 Å². The molecule has 3 fully saturated rings. The third-order valence-electron chi connectivity index (χ3n) is 10.5. The Morgan fingerprint density at radius 1 is 0.574 bits per heavy atom. The SMILES string of the molecule is CC(C1CCC[C@H]1P(c1cc(CF)cc(C(F)(F)F)c1)c1cc(C(F)(F)F)cc(C(F)(F)F)c1)P(C1CCCCC1)C1CCCCC1. The molecule has 0 N–H and O–H groups in total. The molecule has 2 aromatic carbocycles. The van der Waals surface area contributed by atoms with Crippen LogP contribution in [0, 0.1) is 5.92 Å². The molecule has 12 heteroatoms. The van der Waals surface area contributed by atoms with Gasteiger partial charge in [0, 0.05) is 0 Å². The molecule has 47 heavy (non-hydrogen) atoms. The summed E-state index contributed by atoms with van der Waals surface area (Å²) in [5.41, 5.74) is -3.59. The summed E-state index contributed by atoms with van der Waals surface area (Å²) in [6, 6.07) is 4.20. The first kappa shape index (κ1) is 36.9. The largest absolute Gasteiger partial charge is 0.416 e. The molecule has 262 valence electrons. The van der Waals surface area contributed by atoms with Crippen molar-refractivity contribution >= 4 is 26.5 Å². The zero-order valence-corrected chi connectivity index (χ0v) is 28.2. The average Bonchev–Trinajstić information content (AvgIpc) is 3.50. The standard InChI is InChI=1S/C35H42F10P2/c1-22(46(27-9-4-2-5-10-27)28-11-6-3-7-12-28)31-13-8-14-32(31)47(29-16-23(21-36)15-24(18-29)33(37,38)39)30-19-25(34(40,41)42)17-26(20-30)35(43,44)45/h15-20,22,27-28,31-32H,2-14,21H2,1H3/t22?,31?,32-,47?/m1/s1. The van der Waals surface area contributed by atoms with Crippen LogP contribution < -0.4 is 10.6 Å². The Kier molecular flexibility index (Phi) is 11.6. The van der Waals surface area contributed by atoms with Crippen molar-refractivity contribution in [3.8, 4) is 0 Å². The molecule has 0 amide bonds. The molecule has 0 aliphatic heterocycles. The second kappa shape index (κ2) is 14.8. The molecule has 3 aliphatic rings. The van der Waals surface area contributed by atoms with Gasteiger partial charge in [0.05, 0.1) is 16.7 Å². The van der Waals surface area contributed by atoms with Crippen LogP contribution in [-0.2, 0) is 25.2 Å². The zero-order chi connectivity index (χ0) is 34.1. The van der Waals surface area contributed by atoms with Crippen molar-refractivity contribution in [2.45, 2.75) is 138 Å². The number of rotatable bonds is 8. The molecule has 0 spiro atoms. The van der Waals surface area contributed by atoms with Crippen LogP contribution in [0.5, 0.6) is 0 Å². The lowest BCUT2D eigenvalue weighted by molar-refractivity contribution is -0.143. The van der Waals surface area contributed by atoms with Gasteiger partial charge in [-0.1, -0.05) is 59.8 Å². The summed E-state index contributed by atoms with van der Waals surface area (Å²) in [6.45, 7) is 0.966. The first-order chi connectivity index (χ1) is 22.1. The number of alkyl halides is 10. The van der Waals surface area contributed by atoms with Crippen LogP contribution in [-0.4, -0.2) is 22.6 Å². The predicted octanol–water partition coefficient (Wildman–Crippen LogP) is 12.3. The summed E-state index contributed by atoms with van der Waals surface area (Å²) in [7, 11) is -2.68. The molecule has 0 radical (unpaired) electrons. The maximum atomic E-state index is 14.1. The third-order valence-corrected chi connectivity index (χ3v) is 17.5. The summed E-state index contributed by atoms with van der Waals surface area (Å²) in [5.74, 6) is -0.0664. The van der Waals surface area contributed by atoms with E-state index in [1.807, 2.05) is 0 Å². The lowest BCUT2D eigenvalue weighted by Crippen LogP contribution is -2.35. The molecule has 3 aliphatic carbocycles. The monoisotopic (exact) mass is 714 g/mol. The maximum Gasteiger partial charge on any atom is 0.416 e. The van der Waals surface area contributed by atoms with Gasteiger partial charge in [0.25, 0.3) is 0 Å². The van der Waals surface area contributed by atoms with Gasteiger partial charge in [-0.2, -0.15) is 39.5 Å². The van der Waals surface area contributed by atoms with Crippen molar-refractivity contribution in [1.29, 1.82) is 0 Å². The van der Waals surface area contributed by atoms with E-state index in [-0.39, 0.29) is 33.8 Å². The van der Waals surface area contributed by atoms with Crippen molar-refractivity contribution in [3.63, 3.8) is 0 Å². The third kappa shape index (κ3) is 8.67. The van der Waals surface area contributed by atoms with Crippen molar-refractivity contribution in [2.75, 3.05) is 0 Å². The minimum Gasteiger partial charge on any atom is -0.246 e. The van der Waals surface area contributed by atoms with E-state index in [4.69, 9.17) is 0 Å². The van der Waals surface area contributed by atoms with Crippen molar-refractivity contribution in [3.05, 3.63) is 58.7 Å². The van der Waals surface area contributed by atoms with Gasteiger partial charge in [0.15, 0.2) is 0 Å². The van der Waals surface area contributed by atoms with E-state index in [1.165, 1.54) is 18.9 Å². The Balaban J connectivity index is 1.67. The molecular weight excluding hydrogens is 672 g/mol. The maximum absolute atomic E-state index is 14.1. The molecule has 5 rings (SSSR count). The summed E-state index contributed by atoms with van der Waals surface area (Å²) in [4.78, 5) is 0. The average molecular weight is 715 g/mol.